The van der Waals surface area contributed by atoms with Crippen LogP contribution in [0.1, 0.15) is 22.7 Å². The molecule has 4 heteroatoms. The summed E-state index contributed by atoms with van der Waals surface area (Å²) >= 11 is 3.97. The average molecular weight is 228 g/mol. The molecule has 0 bridgehead atoms. The molecule has 1 fully saturated rings. The fraction of sp³-hybridized carbons (Fsp3) is 0.700. The summed E-state index contributed by atoms with van der Waals surface area (Å²) in [6.45, 7) is 0.954. The van der Waals surface area contributed by atoms with Crippen LogP contribution in [0.4, 0.5) is 0 Å². The third-order valence-corrected chi connectivity index (χ3v) is 4.80. The zero-order valence-corrected chi connectivity index (χ0v) is 10.1. The second kappa shape index (κ2) is 5.14. The molecule has 2 rings (SSSR count). The Morgan fingerprint density at radius 1 is 1.64 bits per heavy atom. The standard InChI is InChI=1S/C10H16N2S2/c1-11-6-9-7-12-10(14-9)5-8-3-2-4-13-8/h7-8,11H,2-6H2,1H3. The summed E-state index contributed by atoms with van der Waals surface area (Å²) in [5.74, 6) is 1.35. The molecule has 0 aromatic carbocycles. The van der Waals surface area contributed by atoms with Gasteiger partial charge in [0.05, 0.1) is 5.01 Å². The zero-order valence-electron chi connectivity index (χ0n) is 8.45. The number of nitrogens with zero attached hydrogens (tertiary/aromatic N) is 1. The molecule has 1 saturated heterocycles. The largest absolute Gasteiger partial charge is 0.315 e. The minimum absolute atomic E-state index is 0.837. The Labute approximate surface area is 93.5 Å². The second-order valence-corrected chi connectivity index (χ2v) is 6.20. The zero-order chi connectivity index (χ0) is 9.80. The Bertz CT molecular complexity index is 279. The third kappa shape index (κ3) is 2.72. The predicted molar refractivity (Wildman–Crippen MR) is 64.1 cm³/mol. The lowest BCUT2D eigenvalue weighted by atomic mass is 10.2. The van der Waals surface area contributed by atoms with Gasteiger partial charge in [-0.15, -0.1) is 11.3 Å². The topological polar surface area (TPSA) is 24.9 Å². The van der Waals surface area contributed by atoms with Gasteiger partial charge in [0.25, 0.3) is 0 Å². The van der Waals surface area contributed by atoms with Gasteiger partial charge in [0, 0.05) is 29.3 Å². The van der Waals surface area contributed by atoms with Crippen molar-refractivity contribution in [2.75, 3.05) is 12.8 Å². The van der Waals surface area contributed by atoms with Crippen LogP contribution in [0.3, 0.4) is 0 Å². The van der Waals surface area contributed by atoms with Crippen LogP contribution in [0.5, 0.6) is 0 Å². The molecule has 0 radical (unpaired) electrons. The number of thioether (sulfide) groups is 1. The maximum absolute atomic E-state index is 4.46. The normalized spacial score (nSPS) is 21.6. The molecule has 1 aromatic heterocycles. The Kier molecular flexibility index (Phi) is 3.84. The van der Waals surface area contributed by atoms with Crippen molar-refractivity contribution in [3.05, 3.63) is 16.1 Å². The first-order chi connectivity index (χ1) is 6.88. The monoisotopic (exact) mass is 228 g/mol. The molecule has 1 atom stereocenters. The van der Waals surface area contributed by atoms with Crippen molar-refractivity contribution < 1.29 is 0 Å². The highest BCUT2D eigenvalue weighted by Crippen LogP contribution is 2.30. The lowest BCUT2D eigenvalue weighted by molar-refractivity contribution is 0.773. The number of rotatable bonds is 4. The molecule has 0 saturated carbocycles. The summed E-state index contributed by atoms with van der Waals surface area (Å²) in [6, 6.07) is 0. The van der Waals surface area contributed by atoms with Gasteiger partial charge < -0.3 is 5.32 Å². The highest BCUT2D eigenvalue weighted by molar-refractivity contribution is 8.00. The van der Waals surface area contributed by atoms with Crippen molar-refractivity contribution in [1.29, 1.82) is 0 Å². The summed E-state index contributed by atoms with van der Waals surface area (Å²) in [5, 5.41) is 5.31. The summed E-state index contributed by atoms with van der Waals surface area (Å²) in [4.78, 5) is 5.82. The smallest absolute Gasteiger partial charge is 0.0939 e. The van der Waals surface area contributed by atoms with Crippen LogP contribution in [0.2, 0.25) is 0 Å². The van der Waals surface area contributed by atoms with E-state index in [0.717, 1.165) is 11.8 Å². The van der Waals surface area contributed by atoms with E-state index in [1.807, 2.05) is 24.6 Å². The van der Waals surface area contributed by atoms with E-state index < -0.39 is 0 Å². The quantitative estimate of drug-likeness (QED) is 0.856. The van der Waals surface area contributed by atoms with Gasteiger partial charge in [0.1, 0.15) is 0 Å². The first kappa shape index (κ1) is 10.5. The third-order valence-electron chi connectivity index (χ3n) is 2.38. The molecule has 1 aromatic rings. The number of aromatic nitrogens is 1. The van der Waals surface area contributed by atoms with Crippen LogP contribution in [0.15, 0.2) is 6.20 Å². The van der Waals surface area contributed by atoms with Crippen LogP contribution < -0.4 is 5.32 Å². The van der Waals surface area contributed by atoms with Crippen molar-refractivity contribution in [2.24, 2.45) is 0 Å². The molecule has 1 aliphatic rings. The lowest BCUT2D eigenvalue weighted by Gasteiger charge is -2.03. The molecule has 1 aliphatic heterocycles. The Morgan fingerprint density at radius 2 is 2.57 bits per heavy atom. The van der Waals surface area contributed by atoms with E-state index in [9.17, 15) is 0 Å². The molecule has 0 amide bonds. The summed E-state index contributed by atoms with van der Waals surface area (Å²) < 4.78 is 0. The van der Waals surface area contributed by atoms with Crippen molar-refractivity contribution in [3.63, 3.8) is 0 Å². The first-order valence-electron chi connectivity index (χ1n) is 5.08. The van der Waals surface area contributed by atoms with Gasteiger partial charge in [0.15, 0.2) is 0 Å². The lowest BCUT2D eigenvalue weighted by Crippen LogP contribution is -2.02. The van der Waals surface area contributed by atoms with E-state index >= 15 is 0 Å². The van der Waals surface area contributed by atoms with Crippen LogP contribution in [-0.2, 0) is 13.0 Å². The van der Waals surface area contributed by atoms with Gasteiger partial charge in [-0.3, -0.25) is 0 Å². The fourth-order valence-corrected chi connectivity index (χ4v) is 4.09. The van der Waals surface area contributed by atoms with Crippen LogP contribution in [0.25, 0.3) is 0 Å². The highest BCUT2D eigenvalue weighted by atomic mass is 32.2. The molecule has 1 unspecified atom stereocenters. The minimum Gasteiger partial charge on any atom is -0.315 e. The Balaban J connectivity index is 1.88. The van der Waals surface area contributed by atoms with E-state index in [2.05, 4.69) is 22.1 Å². The average Bonchev–Trinajstić information content (AvgIpc) is 2.79. The molecule has 14 heavy (non-hydrogen) atoms. The highest BCUT2D eigenvalue weighted by Gasteiger charge is 2.17. The Hall–Kier alpha value is -0.0600. The Morgan fingerprint density at radius 3 is 3.29 bits per heavy atom. The van der Waals surface area contributed by atoms with Crippen molar-refractivity contribution in [2.45, 2.75) is 31.1 Å². The van der Waals surface area contributed by atoms with Crippen LogP contribution in [0, 0.1) is 0 Å². The number of hydrogen-bond donors (Lipinski definition) is 1. The van der Waals surface area contributed by atoms with Gasteiger partial charge in [0.2, 0.25) is 0 Å². The predicted octanol–water partition coefficient (Wildman–Crippen LogP) is 2.30. The SMILES string of the molecule is CNCc1cnc(CC2CCCS2)s1. The molecular weight excluding hydrogens is 212 g/mol. The number of thiazole rings is 1. The van der Waals surface area contributed by atoms with Crippen LogP contribution in [-0.4, -0.2) is 23.0 Å². The maximum atomic E-state index is 4.46. The summed E-state index contributed by atoms with van der Waals surface area (Å²) in [7, 11) is 1.98. The minimum atomic E-state index is 0.837. The van der Waals surface area contributed by atoms with Crippen molar-refractivity contribution >= 4 is 23.1 Å². The number of nitrogens with one attached hydrogen (secondary N) is 1. The molecule has 78 valence electrons. The molecule has 0 spiro atoms. The van der Waals surface area contributed by atoms with Gasteiger partial charge in [-0.2, -0.15) is 11.8 Å². The summed E-state index contributed by atoms with van der Waals surface area (Å²) in [5.41, 5.74) is 0. The molecular formula is C10H16N2S2. The number of hydrogen-bond acceptors (Lipinski definition) is 4. The van der Waals surface area contributed by atoms with E-state index in [4.69, 9.17) is 0 Å². The first-order valence-corrected chi connectivity index (χ1v) is 6.95. The van der Waals surface area contributed by atoms with Gasteiger partial charge in [-0.25, -0.2) is 4.98 Å². The van der Waals surface area contributed by atoms with E-state index in [1.54, 1.807) is 0 Å². The molecule has 0 aliphatic carbocycles. The van der Waals surface area contributed by atoms with Gasteiger partial charge in [-0.1, -0.05) is 0 Å². The second-order valence-electron chi connectivity index (χ2n) is 3.59. The molecule has 2 nitrogen and oxygen atoms in total. The summed E-state index contributed by atoms with van der Waals surface area (Å²) in [6.07, 6.45) is 5.96. The van der Waals surface area contributed by atoms with E-state index in [1.165, 1.54) is 34.9 Å². The fourth-order valence-electron chi connectivity index (χ4n) is 1.70. The van der Waals surface area contributed by atoms with Crippen LogP contribution >= 0.6 is 23.1 Å². The molecule has 2 heterocycles. The van der Waals surface area contributed by atoms with Crippen molar-refractivity contribution in [3.8, 4) is 0 Å². The van der Waals surface area contributed by atoms with E-state index in [0.29, 0.717) is 0 Å². The van der Waals surface area contributed by atoms with Gasteiger partial charge >= 0.3 is 0 Å². The van der Waals surface area contributed by atoms with E-state index in [-0.39, 0.29) is 0 Å². The van der Waals surface area contributed by atoms with Crippen molar-refractivity contribution in [1.82, 2.24) is 10.3 Å². The maximum Gasteiger partial charge on any atom is 0.0939 e. The van der Waals surface area contributed by atoms with Gasteiger partial charge in [-0.05, 0) is 25.6 Å². The molecule has 1 N–H and O–H groups in total.